The van der Waals surface area contributed by atoms with E-state index in [9.17, 15) is 33.9 Å². The van der Waals surface area contributed by atoms with E-state index < -0.39 is 40.0 Å². The van der Waals surface area contributed by atoms with Crippen LogP contribution in [0.15, 0.2) is 40.4 Å². The molecule has 0 radical (unpaired) electrons. The van der Waals surface area contributed by atoms with E-state index in [0.717, 1.165) is 44.9 Å². The number of hydrogen-bond donors (Lipinski definition) is 3. The molecule has 3 amide bonds. The summed E-state index contributed by atoms with van der Waals surface area (Å²) in [6.45, 7) is 10.3. The number of unbranched alkanes of at least 4 members (excludes halogenated alkanes) is 1. The van der Waals surface area contributed by atoms with Crippen LogP contribution in [0.2, 0.25) is 0 Å². The number of aryl methyl sites for hydroxylation is 1. The van der Waals surface area contributed by atoms with E-state index in [4.69, 9.17) is 9.26 Å². The van der Waals surface area contributed by atoms with Gasteiger partial charge in [0.25, 0.3) is 11.8 Å². The Morgan fingerprint density at radius 3 is 2.47 bits per heavy atom. The maximum absolute atomic E-state index is 13.5. The smallest absolute Gasteiger partial charge is 0.327 e. The first kappa shape index (κ1) is 40.3. The number of carboxylic acids is 1. The number of benzene rings is 1. The molecule has 310 valence electrons. The number of carboxylic acid groups (broad SMARTS) is 1. The lowest BCUT2D eigenvalue weighted by Crippen LogP contribution is -2.70. The van der Waals surface area contributed by atoms with E-state index in [-0.39, 0.29) is 51.6 Å². The molecule has 1 aromatic carbocycles. The lowest BCUT2D eigenvalue weighted by atomic mass is 9.47. The number of carbonyl (C=O) groups is 6. The number of allylic oxidation sites excluding steroid dienone is 1. The predicted octanol–water partition coefficient (Wildman–Crippen LogP) is 6.24. The Hall–Kier alpha value is -4.46. The van der Waals surface area contributed by atoms with Crippen LogP contribution in [-0.2, 0) is 23.9 Å². The second-order valence-electron chi connectivity index (χ2n) is 18.4. The van der Waals surface area contributed by atoms with Crippen LogP contribution in [0.3, 0.4) is 0 Å². The van der Waals surface area contributed by atoms with Gasteiger partial charge in [0, 0.05) is 40.7 Å². The van der Waals surface area contributed by atoms with Crippen LogP contribution in [0, 0.1) is 35.5 Å². The van der Waals surface area contributed by atoms with Gasteiger partial charge in [-0.15, -0.1) is 11.8 Å². The van der Waals surface area contributed by atoms with Gasteiger partial charge >= 0.3 is 11.9 Å². The molecule has 9 unspecified atom stereocenters. The minimum absolute atomic E-state index is 0.0108. The molecule has 3 saturated carbocycles. The van der Waals surface area contributed by atoms with Crippen LogP contribution >= 0.6 is 11.8 Å². The highest BCUT2D eigenvalue weighted by atomic mass is 32.2. The van der Waals surface area contributed by atoms with Crippen LogP contribution in [-0.4, -0.2) is 85.5 Å². The molecule has 8 rings (SSSR count). The van der Waals surface area contributed by atoms with E-state index >= 15 is 0 Å². The molecule has 1 aromatic heterocycles. The van der Waals surface area contributed by atoms with Gasteiger partial charge in [0.05, 0.1) is 0 Å². The Morgan fingerprint density at radius 1 is 0.966 bits per heavy atom. The van der Waals surface area contributed by atoms with Crippen LogP contribution < -0.4 is 10.6 Å². The lowest BCUT2D eigenvalue weighted by molar-refractivity contribution is -0.160. The quantitative estimate of drug-likeness (QED) is 0.133. The number of nitrogens with one attached hydrogen (secondary N) is 2. The Balaban J connectivity index is 0.789. The maximum atomic E-state index is 13.5. The van der Waals surface area contributed by atoms with E-state index in [1.807, 2.05) is 6.08 Å². The Kier molecular flexibility index (Phi) is 10.4. The van der Waals surface area contributed by atoms with E-state index in [1.165, 1.54) is 22.2 Å². The first-order valence-corrected chi connectivity index (χ1v) is 21.7. The first-order valence-electron chi connectivity index (χ1n) is 20.9. The lowest BCUT2D eigenvalue weighted by Gasteiger charge is -2.57. The number of rotatable bonds is 11. The maximum Gasteiger partial charge on any atom is 0.327 e. The molecule has 2 saturated heterocycles. The average molecular weight is 815 g/mol. The van der Waals surface area contributed by atoms with Gasteiger partial charge in [-0.3, -0.25) is 24.0 Å². The van der Waals surface area contributed by atoms with Crippen molar-refractivity contribution in [3.05, 3.63) is 52.8 Å². The summed E-state index contributed by atoms with van der Waals surface area (Å²) < 4.78 is 10.8. The fraction of sp³-hybridized carbons (Fsp3) is 0.614. The van der Waals surface area contributed by atoms with E-state index in [1.54, 1.807) is 45.0 Å². The molecule has 5 fully saturated rings. The van der Waals surface area contributed by atoms with Crippen molar-refractivity contribution in [2.45, 2.75) is 134 Å². The van der Waals surface area contributed by atoms with Gasteiger partial charge in [0.2, 0.25) is 5.91 Å². The monoisotopic (exact) mass is 814 g/mol. The third-order valence-corrected chi connectivity index (χ3v) is 16.3. The summed E-state index contributed by atoms with van der Waals surface area (Å²) in [5, 5.41) is 19.0. The van der Waals surface area contributed by atoms with E-state index in [0.29, 0.717) is 61.1 Å². The summed E-state index contributed by atoms with van der Waals surface area (Å²) in [4.78, 5) is 77.9. The molecule has 13 nitrogen and oxygen atoms in total. The van der Waals surface area contributed by atoms with Gasteiger partial charge in [-0.2, -0.15) is 0 Å². The molecule has 9 atom stereocenters. The highest BCUT2D eigenvalue weighted by Crippen LogP contribution is 2.65. The van der Waals surface area contributed by atoms with Gasteiger partial charge in [0.15, 0.2) is 5.78 Å². The zero-order chi connectivity index (χ0) is 41.3. The number of hydrogen-bond acceptors (Lipinski definition) is 10. The van der Waals surface area contributed by atoms with Crippen molar-refractivity contribution >= 4 is 47.2 Å². The number of ether oxygens (including phenoxy) is 1. The molecule has 0 bridgehead atoms. The fourth-order valence-corrected chi connectivity index (χ4v) is 13.2. The van der Waals surface area contributed by atoms with Gasteiger partial charge < -0.3 is 29.9 Å². The van der Waals surface area contributed by atoms with Gasteiger partial charge in [-0.05, 0) is 120 Å². The summed E-state index contributed by atoms with van der Waals surface area (Å²) in [6, 6.07) is 4.74. The SMILES string of the molecule is Cc1onc(-c2ccc(C(=O)NCCCCC(=O)OC3CCC4C5CCC6=CC(=O)CCC6(C)C5CCC34C)cc2)c1C(=O)NC1C(=O)N2C1SC(C)(C)C2C(=O)O. The van der Waals surface area contributed by atoms with Crippen LogP contribution in [0.4, 0.5) is 0 Å². The number of thioether (sulfide) groups is 1. The van der Waals surface area contributed by atoms with Crippen molar-refractivity contribution in [1.82, 2.24) is 20.7 Å². The summed E-state index contributed by atoms with van der Waals surface area (Å²) >= 11 is 1.34. The van der Waals surface area contributed by atoms with Crippen molar-refractivity contribution in [3.63, 3.8) is 0 Å². The topological polar surface area (TPSA) is 185 Å². The molecule has 2 aromatic rings. The number of aromatic nitrogens is 1. The highest BCUT2D eigenvalue weighted by molar-refractivity contribution is 8.01. The number of aliphatic carboxylic acids is 1. The Morgan fingerprint density at radius 2 is 1.72 bits per heavy atom. The molecule has 58 heavy (non-hydrogen) atoms. The van der Waals surface area contributed by atoms with Crippen LogP contribution in [0.25, 0.3) is 11.3 Å². The average Bonchev–Trinajstić information content (AvgIpc) is 3.82. The third kappa shape index (κ3) is 6.76. The number of carbonyl (C=O) groups excluding carboxylic acids is 5. The molecule has 14 heteroatoms. The van der Waals surface area contributed by atoms with E-state index in [2.05, 4.69) is 29.6 Å². The number of β-lactam (4-membered cyclic amide) rings is 1. The second-order valence-corrected chi connectivity index (χ2v) is 20.1. The van der Waals surface area contributed by atoms with Gasteiger partial charge in [-0.1, -0.05) is 36.7 Å². The molecule has 0 spiro atoms. The van der Waals surface area contributed by atoms with Crippen molar-refractivity contribution in [2.24, 2.45) is 28.6 Å². The van der Waals surface area contributed by atoms with Gasteiger partial charge in [0.1, 0.15) is 40.6 Å². The number of amides is 3. The summed E-state index contributed by atoms with van der Waals surface area (Å²) in [5.41, 5.74) is 2.85. The van der Waals surface area contributed by atoms with Crippen molar-refractivity contribution in [3.8, 4) is 11.3 Å². The Labute approximate surface area is 342 Å². The summed E-state index contributed by atoms with van der Waals surface area (Å²) in [6.07, 6.45) is 11.3. The zero-order valence-electron chi connectivity index (χ0n) is 33.9. The predicted molar refractivity (Wildman–Crippen MR) is 214 cm³/mol. The Bertz CT molecular complexity index is 2080. The van der Waals surface area contributed by atoms with Crippen LogP contribution in [0.5, 0.6) is 0 Å². The molecule has 4 aliphatic carbocycles. The van der Waals surface area contributed by atoms with Crippen molar-refractivity contribution < 1.29 is 43.1 Å². The minimum Gasteiger partial charge on any atom is -0.480 e. The van der Waals surface area contributed by atoms with Crippen LogP contribution in [0.1, 0.15) is 125 Å². The van der Waals surface area contributed by atoms with Gasteiger partial charge in [-0.25, -0.2) is 4.79 Å². The second kappa shape index (κ2) is 15.0. The van der Waals surface area contributed by atoms with Crippen molar-refractivity contribution in [2.75, 3.05) is 6.54 Å². The first-order chi connectivity index (χ1) is 27.5. The summed E-state index contributed by atoms with van der Waals surface area (Å²) in [7, 11) is 0. The summed E-state index contributed by atoms with van der Waals surface area (Å²) in [5.74, 6) is -0.254. The number of esters is 1. The standard InChI is InChI=1S/C44H54N4O9S/c1-23-33(38(52)46-35-39(53)48-36(41(54)55)42(2,3)58-40(35)48)34(47-57-23)24-9-11-25(12-10-24)37(51)45-21-7-6-8-32(50)56-31-16-15-29-28-14-13-26-22-27(49)17-19-43(26,4)30(28)18-20-44(29,31)5/h9-12,22,28-31,35-36,40H,6-8,13-21H2,1-5H3,(H,45,51)(H,46,52)(H,54,55). The molecular formula is C44H54N4O9S. The normalized spacial score (nSPS) is 33.2. The number of nitrogens with zero attached hydrogens (tertiary/aromatic N) is 2. The number of ketones is 1. The number of fused-ring (bicyclic) bond motifs is 6. The molecule has 6 aliphatic rings. The third-order valence-electron chi connectivity index (χ3n) is 14.7. The van der Waals surface area contributed by atoms with Crippen molar-refractivity contribution in [1.29, 1.82) is 0 Å². The largest absolute Gasteiger partial charge is 0.480 e. The molecular weight excluding hydrogens is 761 g/mol. The zero-order valence-corrected chi connectivity index (χ0v) is 34.7. The highest BCUT2D eigenvalue weighted by Gasteiger charge is 2.64. The minimum atomic E-state index is -1.08. The fourth-order valence-electron chi connectivity index (χ4n) is 11.6. The molecule has 2 aliphatic heterocycles. The molecule has 3 heterocycles. The molecule has 3 N–H and O–H groups in total.